The smallest absolute Gasteiger partial charge is 0.250 e. The molecule has 1 fully saturated rings. The van der Waals surface area contributed by atoms with Crippen molar-refractivity contribution in [1.82, 2.24) is 14.3 Å². The van der Waals surface area contributed by atoms with Gasteiger partial charge in [-0.1, -0.05) is 19.3 Å². The summed E-state index contributed by atoms with van der Waals surface area (Å²) in [5.41, 5.74) is 0.941. The summed E-state index contributed by atoms with van der Waals surface area (Å²) in [5.74, 6) is 0. The van der Waals surface area contributed by atoms with Gasteiger partial charge in [0.1, 0.15) is 0 Å². The maximum Gasteiger partial charge on any atom is 0.250 e. The number of pyridine rings is 1. The highest BCUT2D eigenvalue weighted by atomic mass is 79.9. The van der Waals surface area contributed by atoms with Gasteiger partial charge in [0.2, 0.25) is 0 Å². The molecule has 20 heavy (non-hydrogen) atoms. The fourth-order valence-electron chi connectivity index (χ4n) is 2.81. The van der Waals surface area contributed by atoms with Gasteiger partial charge in [0.25, 0.3) is 5.56 Å². The summed E-state index contributed by atoms with van der Waals surface area (Å²) in [7, 11) is 0. The van der Waals surface area contributed by atoms with E-state index in [4.69, 9.17) is 0 Å². The maximum absolute atomic E-state index is 11.8. The zero-order valence-electron chi connectivity index (χ0n) is 11.3. The van der Waals surface area contributed by atoms with Crippen LogP contribution in [0.3, 0.4) is 0 Å². The van der Waals surface area contributed by atoms with Gasteiger partial charge >= 0.3 is 0 Å². The quantitative estimate of drug-likeness (QED) is 0.862. The van der Waals surface area contributed by atoms with Crippen LogP contribution in [0.1, 0.15) is 43.8 Å². The van der Waals surface area contributed by atoms with Crippen LogP contribution in [-0.4, -0.2) is 14.3 Å². The molecule has 0 bridgehead atoms. The Morgan fingerprint density at radius 2 is 2.00 bits per heavy atom. The van der Waals surface area contributed by atoms with Crippen molar-refractivity contribution in [3.63, 3.8) is 0 Å². The van der Waals surface area contributed by atoms with Gasteiger partial charge in [-0.3, -0.25) is 9.48 Å². The van der Waals surface area contributed by atoms with Crippen LogP contribution in [0, 0.1) is 0 Å². The Kier molecular flexibility index (Phi) is 4.05. The molecule has 0 spiro atoms. The van der Waals surface area contributed by atoms with E-state index in [1.807, 2.05) is 18.5 Å². The molecule has 0 aliphatic heterocycles. The number of hydrogen-bond acceptors (Lipinski definition) is 2. The first-order valence-electron chi connectivity index (χ1n) is 7.12. The summed E-state index contributed by atoms with van der Waals surface area (Å²) < 4.78 is 4.67. The largest absolute Gasteiger partial charge is 0.308 e. The molecule has 1 aliphatic carbocycles. The molecule has 0 amide bonds. The molecule has 106 valence electrons. The van der Waals surface area contributed by atoms with Crippen molar-refractivity contribution in [2.24, 2.45) is 0 Å². The average molecular weight is 336 g/mol. The molecule has 4 nitrogen and oxygen atoms in total. The number of aromatic nitrogens is 3. The lowest BCUT2D eigenvalue weighted by molar-refractivity contribution is 0.328. The summed E-state index contributed by atoms with van der Waals surface area (Å²) in [6.07, 6.45) is 10.2. The first-order valence-corrected chi connectivity index (χ1v) is 7.92. The fraction of sp³-hybridized carbons (Fsp3) is 0.467. The predicted octanol–water partition coefficient (Wildman–Crippen LogP) is 3.36. The molecule has 0 N–H and O–H groups in total. The Labute approximate surface area is 126 Å². The van der Waals surface area contributed by atoms with Crippen molar-refractivity contribution in [2.45, 2.75) is 44.7 Å². The van der Waals surface area contributed by atoms with E-state index in [-0.39, 0.29) is 5.56 Å². The van der Waals surface area contributed by atoms with Crippen molar-refractivity contribution in [2.75, 3.05) is 0 Å². The molecular formula is C15H18BrN3O. The number of nitrogens with zero attached hydrogens (tertiary/aromatic N) is 3. The summed E-state index contributed by atoms with van der Waals surface area (Å²) >= 11 is 3.39. The first kappa shape index (κ1) is 13.6. The molecule has 0 atom stereocenters. The van der Waals surface area contributed by atoms with Crippen LogP contribution in [0.15, 0.2) is 39.9 Å². The van der Waals surface area contributed by atoms with Gasteiger partial charge in [0.05, 0.1) is 18.3 Å². The van der Waals surface area contributed by atoms with E-state index in [0.29, 0.717) is 12.6 Å². The first-order chi connectivity index (χ1) is 9.72. The molecule has 3 rings (SSSR count). The van der Waals surface area contributed by atoms with Crippen molar-refractivity contribution in [3.8, 4) is 0 Å². The van der Waals surface area contributed by atoms with Crippen LogP contribution in [-0.2, 0) is 6.54 Å². The van der Waals surface area contributed by atoms with E-state index in [9.17, 15) is 4.79 Å². The van der Waals surface area contributed by atoms with Crippen molar-refractivity contribution in [1.29, 1.82) is 0 Å². The third-order valence-corrected chi connectivity index (χ3v) is 4.36. The average Bonchev–Trinajstić information content (AvgIpc) is 2.92. The lowest BCUT2D eigenvalue weighted by Gasteiger charge is -2.21. The molecular weight excluding hydrogens is 318 g/mol. The van der Waals surface area contributed by atoms with Crippen LogP contribution in [0.4, 0.5) is 0 Å². The van der Waals surface area contributed by atoms with Crippen molar-refractivity contribution < 1.29 is 0 Å². The van der Waals surface area contributed by atoms with Crippen LogP contribution in [0.25, 0.3) is 0 Å². The number of hydrogen-bond donors (Lipinski definition) is 0. The second kappa shape index (κ2) is 5.95. The van der Waals surface area contributed by atoms with Gasteiger partial charge in [-0.05, 0) is 40.9 Å². The highest BCUT2D eigenvalue weighted by molar-refractivity contribution is 9.10. The van der Waals surface area contributed by atoms with Gasteiger partial charge in [0, 0.05) is 22.9 Å². The van der Waals surface area contributed by atoms with Gasteiger partial charge in [0.15, 0.2) is 0 Å². The van der Waals surface area contributed by atoms with Crippen LogP contribution < -0.4 is 5.56 Å². The van der Waals surface area contributed by atoms with E-state index in [0.717, 1.165) is 10.2 Å². The van der Waals surface area contributed by atoms with E-state index in [1.54, 1.807) is 16.7 Å². The van der Waals surface area contributed by atoms with Gasteiger partial charge in [-0.25, -0.2) is 0 Å². The second-order valence-corrected chi connectivity index (χ2v) is 6.31. The van der Waals surface area contributed by atoms with Crippen molar-refractivity contribution >= 4 is 15.9 Å². The van der Waals surface area contributed by atoms with E-state index < -0.39 is 0 Å². The number of halogens is 1. The molecule has 2 aromatic rings. The molecule has 2 aromatic heterocycles. The Bertz CT molecular complexity index is 641. The minimum absolute atomic E-state index is 0.000386. The Hall–Kier alpha value is -1.36. The van der Waals surface area contributed by atoms with Crippen LogP contribution in [0.2, 0.25) is 0 Å². The standard InChI is InChI=1S/C15H18BrN3O/c16-12-6-7-15(20)18(10-12)11-13-8-9-19(17-13)14-4-2-1-3-5-14/h6-10,14H,1-5,11H2. The van der Waals surface area contributed by atoms with Gasteiger partial charge in [-0.2, -0.15) is 5.10 Å². The highest BCUT2D eigenvalue weighted by Gasteiger charge is 2.16. The van der Waals surface area contributed by atoms with Crippen molar-refractivity contribution in [3.05, 3.63) is 51.1 Å². The molecule has 0 unspecified atom stereocenters. The molecule has 0 aromatic carbocycles. The molecule has 1 saturated carbocycles. The Morgan fingerprint density at radius 3 is 2.80 bits per heavy atom. The Morgan fingerprint density at radius 1 is 1.20 bits per heavy atom. The zero-order valence-corrected chi connectivity index (χ0v) is 12.9. The molecule has 5 heteroatoms. The van der Waals surface area contributed by atoms with Gasteiger partial charge in [-0.15, -0.1) is 0 Å². The fourth-order valence-corrected chi connectivity index (χ4v) is 3.19. The lowest BCUT2D eigenvalue weighted by Crippen LogP contribution is -2.19. The second-order valence-electron chi connectivity index (χ2n) is 5.39. The summed E-state index contributed by atoms with van der Waals surface area (Å²) in [6, 6.07) is 5.89. The third-order valence-electron chi connectivity index (χ3n) is 3.89. The Balaban J connectivity index is 1.76. The monoisotopic (exact) mass is 335 g/mol. The van der Waals surface area contributed by atoms with Crippen LogP contribution >= 0.6 is 15.9 Å². The third kappa shape index (κ3) is 3.03. The van der Waals surface area contributed by atoms with E-state index >= 15 is 0 Å². The van der Waals surface area contributed by atoms with E-state index in [2.05, 4.69) is 25.7 Å². The van der Waals surface area contributed by atoms with E-state index in [1.165, 1.54) is 32.1 Å². The molecule has 1 aliphatic rings. The molecule has 0 saturated heterocycles. The lowest BCUT2D eigenvalue weighted by atomic mass is 9.96. The summed E-state index contributed by atoms with van der Waals surface area (Å²) in [4.78, 5) is 11.8. The van der Waals surface area contributed by atoms with Gasteiger partial charge < -0.3 is 4.57 Å². The summed E-state index contributed by atoms with van der Waals surface area (Å²) in [6.45, 7) is 0.526. The molecule has 2 heterocycles. The normalized spacial score (nSPS) is 16.4. The maximum atomic E-state index is 11.8. The molecule has 0 radical (unpaired) electrons. The highest BCUT2D eigenvalue weighted by Crippen LogP contribution is 2.27. The topological polar surface area (TPSA) is 39.8 Å². The minimum atomic E-state index is 0.000386. The number of rotatable bonds is 3. The zero-order chi connectivity index (χ0) is 13.9. The predicted molar refractivity (Wildman–Crippen MR) is 81.9 cm³/mol. The van der Waals surface area contributed by atoms with Crippen LogP contribution in [0.5, 0.6) is 0 Å². The summed E-state index contributed by atoms with van der Waals surface area (Å²) in [5, 5.41) is 4.64. The minimum Gasteiger partial charge on any atom is -0.308 e. The SMILES string of the molecule is O=c1ccc(Br)cn1Cc1ccn(C2CCCCC2)n1.